The van der Waals surface area contributed by atoms with E-state index in [2.05, 4.69) is 15.1 Å². The summed E-state index contributed by atoms with van der Waals surface area (Å²) in [6, 6.07) is 0. The average Bonchev–Trinajstić information content (AvgIpc) is 3.12. The van der Waals surface area contributed by atoms with Gasteiger partial charge in [0, 0.05) is 18.5 Å². The van der Waals surface area contributed by atoms with Crippen LogP contribution >= 0.6 is 0 Å². The number of nitrogens with zero attached hydrogens (tertiary/aromatic N) is 4. The van der Waals surface area contributed by atoms with E-state index in [-0.39, 0.29) is 12.0 Å². The monoisotopic (exact) mass is 358 g/mol. The summed E-state index contributed by atoms with van der Waals surface area (Å²) < 4.78 is 16.4. The molecule has 0 bridgehead atoms. The molecule has 138 valence electrons. The van der Waals surface area contributed by atoms with Crippen molar-refractivity contribution in [3.8, 4) is 11.8 Å². The van der Waals surface area contributed by atoms with Crippen molar-refractivity contribution in [2.24, 2.45) is 0 Å². The van der Waals surface area contributed by atoms with Gasteiger partial charge in [-0.2, -0.15) is 4.98 Å². The number of likely N-dealkylation sites (tertiary alicyclic amines) is 1. The Morgan fingerprint density at radius 1 is 1.23 bits per heavy atom. The van der Waals surface area contributed by atoms with Crippen LogP contribution in [0.4, 0.5) is 0 Å². The van der Waals surface area contributed by atoms with Gasteiger partial charge in [0.05, 0.1) is 26.0 Å². The topological polar surface area (TPSA) is 90.6 Å². The van der Waals surface area contributed by atoms with Gasteiger partial charge in [0.25, 0.3) is 5.91 Å². The molecule has 1 aliphatic carbocycles. The van der Waals surface area contributed by atoms with Gasteiger partial charge >= 0.3 is 0 Å². The highest BCUT2D eigenvalue weighted by Gasteiger charge is 2.31. The van der Waals surface area contributed by atoms with Crippen LogP contribution in [0.5, 0.6) is 11.8 Å². The summed E-state index contributed by atoms with van der Waals surface area (Å²) in [7, 11) is 1.54. The van der Waals surface area contributed by atoms with Crippen molar-refractivity contribution >= 4 is 5.91 Å². The molecule has 0 aromatic carbocycles. The van der Waals surface area contributed by atoms with Crippen LogP contribution in [0.1, 0.15) is 47.5 Å². The Morgan fingerprint density at radius 2 is 2.08 bits per heavy atom. The first-order valence-corrected chi connectivity index (χ1v) is 9.04. The highest BCUT2D eigenvalue weighted by molar-refractivity contribution is 5.94. The van der Waals surface area contributed by atoms with Crippen LogP contribution in [-0.4, -0.2) is 52.2 Å². The third-order valence-electron chi connectivity index (χ3n) is 4.91. The maximum atomic E-state index is 12.9. The van der Waals surface area contributed by atoms with Crippen molar-refractivity contribution < 1.29 is 18.8 Å². The summed E-state index contributed by atoms with van der Waals surface area (Å²) >= 11 is 0. The van der Waals surface area contributed by atoms with E-state index in [1.807, 2.05) is 0 Å². The molecule has 26 heavy (non-hydrogen) atoms. The molecule has 1 aliphatic heterocycles. The fraction of sp³-hybridized carbons (Fsp3) is 0.556. The Labute approximate surface area is 151 Å². The first-order valence-electron chi connectivity index (χ1n) is 9.04. The van der Waals surface area contributed by atoms with Crippen molar-refractivity contribution in [1.82, 2.24) is 20.0 Å². The van der Waals surface area contributed by atoms with Gasteiger partial charge in [-0.05, 0) is 32.1 Å². The predicted molar refractivity (Wildman–Crippen MR) is 91.3 cm³/mol. The van der Waals surface area contributed by atoms with Gasteiger partial charge in [-0.1, -0.05) is 5.16 Å². The normalized spacial score (nSPS) is 19.7. The molecule has 2 aromatic heterocycles. The lowest BCUT2D eigenvalue weighted by Gasteiger charge is -2.32. The fourth-order valence-corrected chi connectivity index (χ4v) is 3.58. The van der Waals surface area contributed by atoms with E-state index >= 15 is 0 Å². The SMILES string of the molecule is COc1cncc(OC2CCCN(C(=O)c3noc4c3CCCC4)C2)n1. The first-order chi connectivity index (χ1) is 12.7. The molecule has 1 amide bonds. The van der Waals surface area contributed by atoms with Gasteiger partial charge in [0.15, 0.2) is 5.69 Å². The largest absolute Gasteiger partial charge is 0.480 e. The van der Waals surface area contributed by atoms with Gasteiger partial charge in [-0.3, -0.25) is 9.78 Å². The standard InChI is InChI=1S/C18H22N4O4/c1-24-15-9-19-10-16(20-15)25-12-5-4-8-22(11-12)18(23)17-13-6-2-3-7-14(13)26-21-17/h9-10,12H,2-8,11H2,1H3. The van der Waals surface area contributed by atoms with Crippen LogP contribution in [0.25, 0.3) is 0 Å². The lowest BCUT2D eigenvalue weighted by atomic mass is 9.96. The second-order valence-corrected chi connectivity index (χ2v) is 6.67. The molecule has 8 heteroatoms. The summed E-state index contributed by atoms with van der Waals surface area (Å²) in [5, 5.41) is 4.06. The average molecular weight is 358 g/mol. The van der Waals surface area contributed by atoms with E-state index in [9.17, 15) is 4.79 Å². The number of carbonyl (C=O) groups excluding carboxylic acids is 1. The molecule has 4 rings (SSSR count). The van der Waals surface area contributed by atoms with E-state index < -0.39 is 0 Å². The number of hydrogen-bond donors (Lipinski definition) is 0. The van der Waals surface area contributed by atoms with Gasteiger partial charge in [0.2, 0.25) is 11.8 Å². The minimum atomic E-state index is -0.128. The first kappa shape index (κ1) is 16.8. The number of hydrogen-bond acceptors (Lipinski definition) is 7. The number of piperidine rings is 1. The predicted octanol–water partition coefficient (Wildman–Crippen LogP) is 2.04. The smallest absolute Gasteiger partial charge is 0.276 e. The molecular weight excluding hydrogens is 336 g/mol. The third-order valence-corrected chi connectivity index (χ3v) is 4.91. The summed E-state index contributed by atoms with van der Waals surface area (Å²) in [5.74, 6) is 1.61. The molecule has 0 radical (unpaired) electrons. The Bertz CT molecular complexity index is 791. The summed E-state index contributed by atoms with van der Waals surface area (Å²) in [6.07, 6.45) is 8.59. The fourth-order valence-electron chi connectivity index (χ4n) is 3.58. The van der Waals surface area contributed by atoms with Crippen molar-refractivity contribution in [3.05, 3.63) is 29.4 Å². The lowest BCUT2D eigenvalue weighted by molar-refractivity contribution is 0.0515. The number of amides is 1. The maximum absolute atomic E-state index is 12.9. The Morgan fingerprint density at radius 3 is 2.96 bits per heavy atom. The number of aryl methyl sites for hydroxylation is 1. The zero-order valence-electron chi connectivity index (χ0n) is 14.8. The molecule has 8 nitrogen and oxygen atoms in total. The minimum Gasteiger partial charge on any atom is -0.480 e. The van der Waals surface area contributed by atoms with Crippen LogP contribution in [0.15, 0.2) is 16.9 Å². The molecule has 1 fully saturated rings. The molecule has 1 unspecified atom stereocenters. The second-order valence-electron chi connectivity index (χ2n) is 6.67. The molecule has 1 saturated heterocycles. The summed E-state index contributed by atoms with van der Waals surface area (Å²) in [5.41, 5.74) is 1.46. The Kier molecular flexibility index (Phi) is 4.73. The van der Waals surface area contributed by atoms with E-state index in [0.717, 1.165) is 49.8 Å². The maximum Gasteiger partial charge on any atom is 0.276 e. The van der Waals surface area contributed by atoms with Crippen molar-refractivity contribution in [1.29, 1.82) is 0 Å². The number of ether oxygens (including phenoxy) is 2. The van der Waals surface area contributed by atoms with Crippen molar-refractivity contribution in [2.45, 2.75) is 44.6 Å². The zero-order valence-corrected chi connectivity index (χ0v) is 14.8. The van der Waals surface area contributed by atoms with Gasteiger partial charge in [0.1, 0.15) is 11.9 Å². The summed E-state index contributed by atoms with van der Waals surface area (Å²) in [6.45, 7) is 1.20. The van der Waals surface area contributed by atoms with Crippen molar-refractivity contribution in [2.75, 3.05) is 20.2 Å². The Balaban J connectivity index is 1.44. The number of methoxy groups -OCH3 is 1. The highest BCUT2D eigenvalue weighted by Crippen LogP contribution is 2.26. The number of aromatic nitrogens is 3. The van der Waals surface area contributed by atoms with Crippen molar-refractivity contribution in [3.63, 3.8) is 0 Å². The number of carbonyl (C=O) groups is 1. The number of rotatable bonds is 4. The van der Waals surface area contributed by atoms with Gasteiger partial charge in [-0.15, -0.1) is 0 Å². The van der Waals surface area contributed by atoms with E-state index in [4.69, 9.17) is 14.0 Å². The summed E-state index contributed by atoms with van der Waals surface area (Å²) in [4.78, 5) is 23.0. The molecule has 0 saturated carbocycles. The van der Waals surface area contributed by atoms with Crippen LogP contribution in [0, 0.1) is 0 Å². The lowest BCUT2D eigenvalue weighted by Crippen LogP contribution is -2.44. The molecule has 1 atom stereocenters. The van der Waals surface area contributed by atoms with E-state index in [0.29, 0.717) is 30.5 Å². The van der Waals surface area contributed by atoms with Crippen LogP contribution in [0.2, 0.25) is 0 Å². The van der Waals surface area contributed by atoms with Crippen LogP contribution < -0.4 is 9.47 Å². The van der Waals surface area contributed by atoms with Gasteiger partial charge in [-0.25, -0.2) is 0 Å². The molecular formula is C18H22N4O4. The molecule has 0 spiro atoms. The van der Waals surface area contributed by atoms with Crippen LogP contribution in [0.3, 0.4) is 0 Å². The minimum absolute atomic E-state index is 0.0677. The molecule has 2 aromatic rings. The van der Waals surface area contributed by atoms with E-state index in [1.54, 1.807) is 11.1 Å². The molecule has 3 heterocycles. The van der Waals surface area contributed by atoms with Gasteiger partial charge < -0.3 is 18.9 Å². The quantitative estimate of drug-likeness (QED) is 0.826. The molecule has 2 aliphatic rings. The third kappa shape index (κ3) is 3.36. The molecule has 0 N–H and O–H groups in total. The Hall–Kier alpha value is -2.64. The highest BCUT2D eigenvalue weighted by atomic mass is 16.5. The number of fused-ring (bicyclic) bond motifs is 1. The van der Waals surface area contributed by atoms with Crippen LogP contribution in [-0.2, 0) is 12.8 Å². The second kappa shape index (κ2) is 7.31. The zero-order chi connectivity index (χ0) is 17.9. The van der Waals surface area contributed by atoms with E-state index in [1.165, 1.54) is 13.3 Å².